The first-order chi connectivity index (χ1) is 7.06. The molecule has 1 rings (SSSR count). The fraction of sp³-hybridized carbons (Fsp3) is 0.545. The van der Waals surface area contributed by atoms with Gasteiger partial charge in [-0.15, -0.1) is 0 Å². The Morgan fingerprint density at radius 3 is 2.73 bits per heavy atom. The molecule has 0 aliphatic heterocycles. The summed E-state index contributed by atoms with van der Waals surface area (Å²) in [7, 11) is 1.95. The van der Waals surface area contributed by atoms with E-state index in [9.17, 15) is 0 Å². The molecule has 84 valence electrons. The number of likely N-dealkylation sites (N-methyl/N-ethyl adjacent to an activating group) is 1. The maximum Gasteiger partial charge on any atom is 0.0593 e. The van der Waals surface area contributed by atoms with Crippen molar-refractivity contribution in [2.24, 2.45) is 0 Å². The van der Waals surface area contributed by atoms with E-state index in [0.29, 0.717) is 6.54 Å². The second kappa shape index (κ2) is 5.09. The zero-order valence-electron chi connectivity index (χ0n) is 9.62. The molecule has 0 aliphatic carbocycles. The summed E-state index contributed by atoms with van der Waals surface area (Å²) in [6.45, 7) is 5.47. The highest BCUT2D eigenvalue weighted by Gasteiger charge is 2.08. The average molecular weight is 209 g/mol. The molecule has 0 atom stereocenters. The number of aromatic nitrogens is 1. The molecule has 0 spiro atoms. The highest BCUT2D eigenvalue weighted by Crippen LogP contribution is 2.18. The lowest BCUT2D eigenvalue weighted by Gasteiger charge is -2.17. The summed E-state index contributed by atoms with van der Waals surface area (Å²) in [5, 5.41) is 8.80. The molecule has 0 radical (unpaired) electrons. The van der Waals surface area contributed by atoms with Crippen molar-refractivity contribution in [3.8, 4) is 0 Å². The fourth-order valence-corrected chi connectivity index (χ4v) is 1.46. The molecule has 3 N–H and O–H groups in total. The number of nitrogens with two attached hydrogens (primary N) is 1. The van der Waals surface area contributed by atoms with Crippen molar-refractivity contribution in [1.82, 2.24) is 9.88 Å². The van der Waals surface area contributed by atoms with Gasteiger partial charge in [0.25, 0.3) is 0 Å². The van der Waals surface area contributed by atoms with Crippen LogP contribution in [0.1, 0.15) is 16.8 Å². The number of aliphatic hydroxyl groups is 1. The minimum Gasteiger partial charge on any atom is -0.398 e. The average Bonchev–Trinajstić information content (AvgIpc) is 2.20. The van der Waals surface area contributed by atoms with E-state index in [1.54, 1.807) is 6.20 Å². The van der Waals surface area contributed by atoms with Crippen LogP contribution in [0.15, 0.2) is 6.20 Å². The Labute approximate surface area is 90.7 Å². The van der Waals surface area contributed by atoms with Crippen LogP contribution in [0.4, 0.5) is 5.69 Å². The zero-order valence-corrected chi connectivity index (χ0v) is 9.62. The van der Waals surface area contributed by atoms with Gasteiger partial charge in [-0.1, -0.05) is 0 Å². The number of anilines is 1. The lowest BCUT2D eigenvalue weighted by molar-refractivity contribution is 0.216. The lowest BCUT2D eigenvalue weighted by atomic mass is 10.1. The van der Waals surface area contributed by atoms with Gasteiger partial charge in [-0.25, -0.2) is 0 Å². The Kier molecular flexibility index (Phi) is 4.05. The molecule has 1 aromatic rings. The van der Waals surface area contributed by atoms with Crippen LogP contribution in [0.5, 0.6) is 0 Å². The summed E-state index contributed by atoms with van der Waals surface area (Å²) in [6, 6.07) is 0. The molecule has 0 saturated carbocycles. The quantitative estimate of drug-likeness (QED) is 0.766. The summed E-state index contributed by atoms with van der Waals surface area (Å²) < 4.78 is 0. The van der Waals surface area contributed by atoms with Gasteiger partial charge in [0.05, 0.1) is 12.3 Å². The largest absolute Gasteiger partial charge is 0.398 e. The summed E-state index contributed by atoms with van der Waals surface area (Å²) in [5.41, 5.74) is 9.78. The number of pyridine rings is 1. The van der Waals surface area contributed by atoms with Crippen LogP contribution in [0.25, 0.3) is 0 Å². The van der Waals surface area contributed by atoms with Crippen molar-refractivity contribution >= 4 is 5.69 Å². The fourth-order valence-electron chi connectivity index (χ4n) is 1.46. The third-order valence-electron chi connectivity index (χ3n) is 2.58. The molecule has 15 heavy (non-hydrogen) atoms. The molecule has 1 aromatic heterocycles. The number of aliphatic hydroxyl groups excluding tert-OH is 1. The SMILES string of the molecule is Cc1cnc(CN(C)CCO)c(C)c1N. The van der Waals surface area contributed by atoms with E-state index in [1.165, 1.54) is 0 Å². The molecular formula is C11H19N3O. The molecular weight excluding hydrogens is 190 g/mol. The Morgan fingerprint density at radius 1 is 1.47 bits per heavy atom. The Bertz CT molecular complexity index is 339. The molecule has 0 aliphatic rings. The number of hydrogen-bond acceptors (Lipinski definition) is 4. The smallest absolute Gasteiger partial charge is 0.0593 e. The van der Waals surface area contributed by atoms with E-state index in [1.807, 2.05) is 25.8 Å². The van der Waals surface area contributed by atoms with Gasteiger partial charge in [0.15, 0.2) is 0 Å². The van der Waals surface area contributed by atoms with Gasteiger partial charge < -0.3 is 10.8 Å². The maximum atomic E-state index is 8.80. The van der Waals surface area contributed by atoms with Gasteiger partial charge in [0.1, 0.15) is 0 Å². The molecule has 0 saturated heterocycles. The minimum absolute atomic E-state index is 0.164. The van der Waals surface area contributed by atoms with Crippen molar-refractivity contribution in [2.75, 3.05) is 25.9 Å². The van der Waals surface area contributed by atoms with E-state index < -0.39 is 0 Å². The first-order valence-corrected chi connectivity index (χ1v) is 5.06. The standard InChI is InChI=1S/C11H19N3O/c1-8-6-13-10(9(2)11(8)12)7-14(3)4-5-15/h6,15H,4-5,7H2,1-3H3,(H2,12,13). The number of hydrogen-bond donors (Lipinski definition) is 2. The minimum atomic E-state index is 0.164. The van der Waals surface area contributed by atoms with Gasteiger partial charge >= 0.3 is 0 Å². The van der Waals surface area contributed by atoms with Crippen LogP contribution in [0.3, 0.4) is 0 Å². The Hall–Kier alpha value is -1.13. The second-order valence-corrected chi connectivity index (χ2v) is 3.89. The van der Waals surface area contributed by atoms with Crippen molar-refractivity contribution in [3.05, 3.63) is 23.0 Å². The van der Waals surface area contributed by atoms with Crippen LogP contribution >= 0.6 is 0 Å². The number of aryl methyl sites for hydroxylation is 1. The molecule has 4 heteroatoms. The summed E-state index contributed by atoms with van der Waals surface area (Å²) in [4.78, 5) is 6.38. The van der Waals surface area contributed by atoms with Gasteiger partial charge in [-0.2, -0.15) is 0 Å². The molecule has 0 bridgehead atoms. The number of nitrogens with zero attached hydrogens (tertiary/aromatic N) is 2. The van der Waals surface area contributed by atoms with E-state index in [-0.39, 0.29) is 6.61 Å². The molecule has 0 unspecified atom stereocenters. The molecule has 1 heterocycles. The predicted octanol–water partition coefficient (Wildman–Crippen LogP) is 0.705. The van der Waals surface area contributed by atoms with Crippen LogP contribution in [-0.2, 0) is 6.54 Å². The third kappa shape index (κ3) is 2.91. The third-order valence-corrected chi connectivity index (χ3v) is 2.58. The molecule has 0 amide bonds. The monoisotopic (exact) mass is 209 g/mol. The highest BCUT2D eigenvalue weighted by atomic mass is 16.3. The summed E-state index contributed by atoms with van der Waals surface area (Å²) in [5.74, 6) is 0. The van der Waals surface area contributed by atoms with E-state index >= 15 is 0 Å². The maximum absolute atomic E-state index is 8.80. The van der Waals surface area contributed by atoms with Gasteiger partial charge in [-0.3, -0.25) is 9.88 Å². The van der Waals surface area contributed by atoms with Crippen LogP contribution < -0.4 is 5.73 Å². The number of rotatable bonds is 4. The van der Waals surface area contributed by atoms with E-state index in [0.717, 1.165) is 29.1 Å². The van der Waals surface area contributed by atoms with Gasteiger partial charge in [0.2, 0.25) is 0 Å². The van der Waals surface area contributed by atoms with Crippen molar-refractivity contribution in [2.45, 2.75) is 20.4 Å². The first-order valence-electron chi connectivity index (χ1n) is 5.06. The summed E-state index contributed by atoms with van der Waals surface area (Å²) >= 11 is 0. The molecule has 0 aromatic carbocycles. The van der Waals surface area contributed by atoms with Gasteiger partial charge in [0, 0.05) is 25.0 Å². The van der Waals surface area contributed by atoms with Crippen molar-refractivity contribution in [1.29, 1.82) is 0 Å². The van der Waals surface area contributed by atoms with Gasteiger partial charge in [-0.05, 0) is 32.0 Å². The van der Waals surface area contributed by atoms with Crippen LogP contribution in [0.2, 0.25) is 0 Å². The Balaban J connectivity index is 2.82. The van der Waals surface area contributed by atoms with Crippen molar-refractivity contribution in [3.63, 3.8) is 0 Å². The molecule has 0 fully saturated rings. The van der Waals surface area contributed by atoms with E-state index in [2.05, 4.69) is 4.98 Å². The highest BCUT2D eigenvalue weighted by molar-refractivity contribution is 5.53. The first kappa shape index (κ1) is 11.9. The lowest BCUT2D eigenvalue weighted by Crippen LogP contribution is -2.22. The summed E-state index contributed by atoms with van der Waals surface area (Å²) in [6.07, 6.45) is 1.80. The zero-order chi connectivity index (χ0) is 11.4. The second-order valence-electron chi connectivity index (χ2n) is 3.89. The van der Waals surface area contributed by atoms with Crippen molar-refractivity contribution < 1.29 is 5.11 Å². The predicted molar refractivity (Wildman–Crippen MR) is 61.5 cm³/mol. The molecule has 4 nitrogen and oxygen atoms in total. The topological polar surface area (TPSA) is 62.4 Å². The Morgan fingerprint density at radius 2 is 2.13 bits per heavy atom. The van der Waals surface area contributed by atoms with E-state index in [4.69, 9.17) is 10.8 Å². The normalized spacial score (nSPS) is 11.0. The van der Waals surface area contributed by atoms with Crippen LogP contribution in [0, 0.1) is 13.8 Å². The van der Waals surface area contributed by atoms with Crippen LogP contribution in [-0.4, -0.2) is 35.2 Å². The number of nitrogen functional groups attached to an aromatic ring is 1.